The Bertz CT molecular complexity index is 705. The first kappa shape index (κ1) is 17.1. The number of ether oxygens (including phenoxy) is 1. The maximum Gasteiger partial charge on any atom is 0.233 e. The average molecular weight is 347 g/mol. The summed E-state index contributed by atoms with van der Waals surface area (Å²) in [4.78, 5) is 22.5. The van der Waals surface area contributed by atoms with E-state index in [1.165, 1.54) is 18.2 Å². The third-order valence-electron chi connectivity index (χ3n) is 4.56. The number of H-pyrrole nitrogens is 1. The molecule has 2 atom stereocenters. The summed E-state index contributed by atoms with van der Waals surface area (Å²) in [5.74, 6) is 1.46. The minimum absolute atomic E-state index is 0.204. The number of nitrogens with one attached hydrogen (secondary N) is 1. The van der Waals surface area contributed by atoms with Crippen molar-refractivity contribution < 1.29 is 9.53 Å². The van der Waals surface area contributed by atoms with Gasteiger partial charge >= 0.3 is 0 Å². The number of carbonyl (C=O) groups is 1. The molecule has 1 aliphatic heterocycles. The van der Waals surface area contributed by atoms with Crippen LogP contribution in [-0.4, -0.2) is 45.2 Å². The molecule has 1 fully saturated rings. The molecule has 0 aliphatic carbocycles. The van der Waals surface area contributed by atoms with E-state index in [1.807, 2.05) is 30.0 Å². The second-order valence-electron chi connectivity index (χ2n) is 6.37. The maximum atomic E-state index is 12.6. The minimum Gasteiger partial charge on any atom is -0.494 e. The molecule has 0 spiro atoms. The second kappa shape index (κ2) is 7.47. The molecule has 0 bridgehead atoms. The van der Waals surface area contributed by atoms with E-state index in [2.05, 4.69) is 23.8 Å². The highest BCUT2D eigenvalue weighted by Gasteiger charge is 2.28. The summed E-state index contributed by atoms with van der Waals surface area (Å²) in [6.07, 6.45) is 3.42. The molecular formula is C18H25N3O2S. The number of aromatic nitrogens is 2. The van der Waals surface area contributed by atoms with E-state index in [-0.39, 0.29) is 5.91 Å². The fourth-order valence-corrected chi connectivity index (χ4v) is 4.16. The van der Waals surface area contributed by atoms with Crippen LogP contribution in [-0.2, 0) is 4.79 Å². The van der Waals surface area contributed by atoms with E-state index in [0.29, 0.717) is 24.4 Å². The lowest BCUT2D eigenvalue weighted by Crippen LogP contribution is -2.48. The Morgan fingerprint density at radius 2 is 2.12 bits per heavy atom. The molecule has 1 aromatic carbocycles. The van der Waals surface area contributed by atoms with Gasteiger partial charge in [-0.3, -0.25) is 4.79 Å². The normalized spacial score (nSPS) is 21.2. The van der Waals surface area contributed by atoms with Gasteiger partial charge in [0.2, 0.25) is 5.91 Å². The van der Waals surface area contributed by atoms with E-state index in [0.717, 1.165) is 34.8 Å². The smallest absolute Gasteiger partial charge is 0.233 e. The monoisotopic (exact) mass is 347 g/mol. The highest BCUT2D eigenvalue weighted by Crippen LogP contribution is 2.26. The third-order valence-corrected chi connectivity index (χ3v) is 5.41. The van der Waals surface area contributed by atoms with Crippen LogP contribution in [0.4, 0.5) is 0 Å². The van der Waals surface area contributed by atoms with Crippen LogP contribution in [0.15, 0.2) is 23.4 Å². The Labute approximate surface area is 147 Å². The Hall–Kier alpha value is -1.69. The Morgan fingerprint density at radius 1 is 1.38 bits per heavy atom. The summed E-state index contributed by atoms with van der Waals surface area (Å²) < 4.78 is 5.51. The van der Waals surface area contributed by atoms with Gasteiger partial charge in [0, 0.05) is 18.2 Å². The zero-order valence-corrected chi connectivity index (χ0v) is 15.4. The first-order valence-corrected chi connectivity index (χ1v) is 9.63. The van der Waals surface area contributed by atoms with Crippen molar-refractivity contribution in [2.45, 2.75) is 57.3 Å². The molecule has 6 heteroatoms. The molecule has 1 saturated heterocycles. The largest absolute Gasteiger partial charge is 0.494 e. The number of likely N-dealkylation sites (tertiary alicyclic amines) is 1. The fourth-order valence-electron chi connectivity index (χ4n) is 3.41. The number of thioether (sulfide) groups is 1. The first-order chi connectivity index (χ1) is 11.6. The van der Waals surface area contributed by atoms with Crippen molar-refractivity contribution in [3.05, 3.63) is 18.2 Å². The molecule has 1 aliphatic rings. The second-order valence-corrected chi connectivity index (χ2v) is 7.34. The predicted molar refractivity (Wildman–Crippen MR) is 97.6 cm³/mol. The minimum atomic E-state index is 0.204. The number of imidazole rings is 1. The van der Waals surface area contributed by atoms with Gasteiger partial charge in [0.15, 0.2) is 5.16 Å². The van der Waals surface area contributed by atoms with Crippen LogP contribution in [0.3, 0.4) is 0 Å². The van der Waals surface area contributed by atoms with Crippen LogP contribution < -0.4 is 4.74 Å². The van der Waals surface area contributed by atoms with Gasteiger partial charge in [0.05, 0.1) is 23.4 Å². The molecule has 1 amide bonds. The van der Waals surface area contributed by atoms with Crippen LogP contribution in [0.5, 0.6) is 5.75 Å². The van der Waals surface area contributed by atoms with Crippen molar-refractivity contribution in [2.75, 3.05) is 12.4 Å². The van der Waals surface area contributed by atoms with E-state index in [1.54, 1.807) is 0 Å². The molecule has 0 saturated carbocycles. The van der Waals surface area contributed by atoms with E-state index < -0.39 is 0 Å². The van der Waals surface area contributed by atoms with Crippen LogP contribution >= 0.6 is 11.8 Å². The highest BCUT2D eigenvalue weighted by atomic mass is 32.2. The summed E-state index contributed by atoms with van der Waals surface area (Å²) in [6, 6.07) is 6.49. The fraction of sp³-hybridized carbons (Fsp3) is 0.556. The first-order valence-electron chi connectivity index (χ1n) is 8.65. The van der Waals surface area contributed by atoms with Gasteiger partial charge in [-0.2, -0.15) is 0 Å². The molecule has 24 heavy (non-hydrogen) atoms. The molecule has 1 N–H and O–H groups in total. The number of benzene rings is 1. The lowest BCUT2D eigenvalue weighted by atomic mass is 9.98. The summed E-state index contributed by atoms with van der Waals surface area (Å²) in [5.41, 5.74) is 1.84. The summed E-state index contributed by atoms with van der Waals surface area (Å²) in [5, 5.41) is 0.782. The number of amides is 1. The molecule has 1 aromatic heterocycles. The van der Waals surface area contributed by atoms with E-state index >= 15 is 0 Å². The number of carbonyl (C=O) groups excluding carboxylic acids is 1. The molecule has 130 valence electrons. The van der Waals surface area contributed by atoms with Gasteiger partial charge in [-0.15, -0.1) is 0 Å². The lowest BCUT2D eigenvalue weighted by Gasteiger charge is -2.39. The van der Waals surface area contributed by atoms with Gasteiger partial charge in [0.25, 0.3) is 0 Å². The van der Waals surface area contributed by atoms with Gasteiger partial charge in [-0.05, 0) is 52.2 Å². The van der Waals surface area contributed by atoms with Crippen LogP contribution in [0.1, 0.15) is 40.0 Å². The standard InChI is InChI=1S/C18H25N3O2S/c1-4-23-14-8-9-15-16(10-14)20-18(19-15)24-11-17(22)21-12(2)6-5-7-13(21)3/h8-10,12-13H,4-7,11H2,1-3H3,(H,19,20). The molecule has 2 aromatic rings. The zero-order valence-electron chi connectivity index (χ0n) is 14.5. The Balaban J connectivity index is 1.65. The van der Waals surface area contributed by atoms with Gasteiger partial charge in [0.1, 0.15) is 5.75 Å². The van der Waals surface area contributed by atoms with E-state index in [4.69, 9.17) is 4.74 Å². The van der Waals surface area contributed by atoms with Crippen LogP contribution in [0.25, 0.3) is 11.0 Å². The number of aromatic amines is 1. The number of rotatable bonds is 5. The highest BCUT2D eigenvalue weighted by molar-refractivity contribution is 7.99. The van der Waals surface area contributed by atoms with E-state index in [9.17, 15) is 4.79 Å². The number of hydrogen-bond acceptors (Lipinski definition) is 4. The summed E-state index contributed by atoms with van der Waals surface area (Å²) in [7, 11) is 0. The average Bonchev–Trinajstić information content (AvgIpc) is 2.95. The van der Waals surface area contributed by atoms with Gasteiger partial charge < -0.3 is 14.6 Å². The van der Waals surface area contributed by atoms with Crippen molar-refractivity contribution in [3.63, 3.8) is 0 Å². The topological polar surface area (TPSA) is 58.2 Å². The summed E-state index contributed by atoms with van der Waals surface area (Å²) in [6.45, 7) is 6.90. The predicted octanol–water partition coefficient (Wildman–Crippen LogP) is 3.84. The Kier molecular flexibility index (Phi) is 5.33. The van der Waals surface area contributed by atoms with Crippen molar-refractivity contribution in [1.82, 2.24) is 14.9 Å². The van der Waals surface area contributed by atoms with Crippen LogP contribution in [0.2, 0.25) is 0 Å². The van der Waals surface area contributed by atoms with Crippen molar-refractivity contribution in [1.29, 1.82) is 0 Å². The number of hydrogen-bond donors (Lipinski definition) is 1. The molecule has 2 heterocycles. The third kappa shape index (κ3) is 3.69. The molecular weight excluding hydrogens is 322 g/mol. The number of piperidine rings is 1. The van der Waals surface area contributed by atoms with Gasteiger partial charge in [-0.1, -0.05) is 11.8 Å². The van der Waals surface area contributed by atoms with Crippen molar-refractivity contribution in [3.8, 4) is 5.75 Å². The van der Waals surface area contributed by atoms with Crippen molar-refractivity contribution >= 4 is 28.7 Å². The molecule has 2 unspecified atom stereocenters. The molecule has 0 radical (unpaired) electrons. The Morgan fingerprint density at radius 3 is 2.83 bits per heavy atom. The zero-order chi connectivity index (χ0) is 17.1. The molecule has 5 nitrogen and oxygen atoms in total. The van der Waals surface area contributed by atoms with Crippen molar-refractivity contribution in [2.24, 2.45) is 0 Å². The van der Waals surface area contributed by atoms with Gasteiger partial charge in [-0.25, -0.2) is 4.98 Å². The number of fused-ring (bicyclic) bond motifs is 1. The van der Waals surface area contributed by atoms with Crippen LogP contribution in [0, 0.1) is 0 Å². The lowest BCUT2D eigenvalue weighted by molar-refractivity contribution is -0.134. The molecule has 3 rings (SSSR count). The summed E-state index contributed by atoms with van der Waals surface area (Å²) >= 11 is 1.47. The SMILES string of the molecule is CCOc1ccc2nc(SCC(=O)N3C(C)CCCC3C)[nH]c2c1. The maximum absolute atomic E-state index is 12.6. The number of nitrogens with zero attached hydrogens (tertiary/aromatic N) is 2. The quantitative estimate of drug-likeness (QED) is 0.835.